The summed E-state index contributed by atoms with van der Waals surface area (Å²) in [6.07, 6.45) is 1.58. The molecule has 1 aliphatic heterocycles. The Kier molecular flexibility index (Phi) is 5.04. The van der Waals surface area contributed by atoms with Gasteiger partial charge in [-0.2, -0.15) is 10.1 Å². The van der Waals surface area contributed by atoms with Crippen molar-refractivity contribution in [3.63, 3.8) is 0 Å². The molecule has 3 aromatic rings. The molecule has 0 unspecified atom stereocenters. The Labute approximate surface area is 170 Å². The smallest absolute Gasteiger partial charge is 0.263 e. The summed E-state index contributed by atoms with van der Waals surface area (Å²) in [6, 6.07) is 8.53. The molecule has 2 aromatic heterocycles. The average molecular weight is 396 g/mol. The number of benzene rings is 1. The van der Waals surface area contributed by atoms with Crippen LogP contribution in [-0.4, -0.2) is 53.1 Å². The lowest BCUT2D eigenvalue weighted by Crippen LogP contribution is -2.36. The van der Waals surface area contributed by atoms with Crippen LogP contribution in [0.1, 0.15) is 26.3 Å². The maximum absolute atomic E-state index is 12.5. The maximum Gasteiger partial charge on any atom is 0.263 e. The molecule has 0 bridgehead atoms. The molecule has 0 spiro atoms. The highest BCUT2D eigenvalue weighted by Crippen LogP contribution is 2.21. The highest BCUT2D eigenvalue weighted by molar-refractivity contribution is 5.74. The number of aromatic nitrogens is 4. The molecule has 8 heteroatoms. The van der Waals surface area contributed by atoms with Crippen molar-refractivity contribution in [2.75, 3.05) is 43.2 Å². The van der Waals surface area contributed by atoms with Gasteiger partial charge in [0, 0.05) is 32.4 Å². The van der Waals surface area contributed by atoms with Gasteiger partial charge in [0.2, 0.25) is 5.95 Å². The minimum Gasteiger partial charge on any atom is -0.378 e. The summed E-state index contributed by atoms with van der Waals surface area (Å²) in [5.41, 5.74) is 2.53. The Balaban J connectivity index is 1.55. The van der Waals surface area contributed by atoms with Gasteiger partial charge in [-0.15, -0.1) is 0 Å². The van der Waals surface area contributed by atoms with E-state index in [0.29, 0.717) is 23.5 Å². The predicted molar refractivity (Wildman–Crippen MR) is 115 cm³/mol. The summed E-state index contributed by atoms with van der Waals surface area (Å²) in [4.78, 5) is 24.4. The van der Waals surface area contributed by atoms with E-state index in [2.05, 4.69) is 39.2 Å². The Morgan fingerprint density at radius 2 is 1.86 bits per heavy atom. The van der Waals surface area contributed by atoms with Gasteiger partial charge in [0.15, 0.2) is 5.65 Å². The second-order valence-electron chi connectivity index (χ2n) is 8.48. The Morgan fingerprint density at radius 3 is 2.52 bits per heavy atom. The Hall–Kier alpha value is -2.87. The van der Waals surface area contributed by atoms with E-state index in [0.717, 1.165) is 31.9 Å². The molecule has 154 valence electrons. The molecule has 1 saturated heterocycles. The lowest BCUT2D eigenvalue weighted by atomic mass is 10.1. The van der Waals surface area contributed by atoms with Crippen molar-refractivity contribution in [2.45, 2.75) is 32.9 Å². The topological polar surface area (TPSA) is 79.3 Å². The number of nitrogens with one attached hydrogen (secondary N) is 1. The number of hydrogen-bond acceptors (Lipinski definition) is 6. The maximum atomic E-state index is 12.5. The van der Waals surface area contributed by atoms with E-state index in [4.69, 9.17) is 9.72 Å². The number of rotatable bonds is 4. The predicted octanol–water partition coefficient (Wildman–Crippen LogP) is 2.35. The third kappa shape index (κ3) is 3.98. The molecule has 0 atom stereocenters. The molecule has 4 rings (SSSR count). The van der Waals surface area contributed by atoms with Crippen molar-refractivity contribution < 1.29 is 4.74 Å². The normalized spacial score (nSPS) is 15.1. The quantitative estimate of drug-likeness (QED) is 0.729. The summed E-state index contributed by atoms with van der Waals surface area (Å²) in [5.74, 6) is 0.533. The van der Waals surface area contributed by atoms with Crippen LogP contribution >= 0.6 is 0 Å². The van der Waals surface area contributed by atoms with Gasteiger partial charge in [0.25, 0.3) is 5.56 Å². The zero-order chi connectivity index (χ0) is 20.6. The first-order valence-corrected chi connectivity index (χ1v) is 9.94. The van der Waals surface area contributed by atoms with Crippen LogP contribution in [0.5, 0.6) is 0 Å². The fraction of sp³-hybridized carbons (Fsp3) is 0.476. The Bertz CT molecular complexity index is 1040. The highest BCUT2D eigenvalue weighted by Gasteiger charge is 2.20. The van der Waals surface area contributed by atoms with E-state index in [1.807, 2.05) is 32.7 Å². The van der Waals surface area contributed by atoms with Crippen molar-refractivity contribution in [3.8, 4) is 0 Å². The first kappa shape index (κ1) is 19.4. The minimum absolute atomic E-state index is 0.171. The standard InChI is InChI=1S/C21H28N6O2/c1-21(2,3)27-18-17(13-22-27)19(28)24-20(23-18)25(4)14-15-5-7-16(8-6-15)26-9-11-29-12-10-26/h5-8,13H,9-12,14H2,1-4H3,(H,23,24,28). The monoisotopic (exact) mass is 396 g/mol. The van der Waals surface area contributed by atoms with Crippen molar-refractivity contribution in [1.82, 2.24) is 19.7 Å². The van der Waals surface area contributed by atoms with Crippen molar-refractivity contribution in [3.05, 3.63) is 46.4 Å². The molecule has 0 amide bonds. The van der Waals surface area contributed by atoms with Gasteiger partial charge >= 0.3 is 0 Å². The van der Waals surface area contributed by atoms with Gasteiger partial charge in [-0.05, 0) is 38.5 Å². The molecule has 8 nitrogen and oxygen atoms in total. The molecule has 1 N–H and O–H groups in total. The Morgan fingerprint density at radius 1 is 1.17 bits per heavy atom. The van der Waals surface area contributed by atoms with Crippen LogP contribution in [0.4, 0.5) is 11.6 Å². The molecule has 1 aromatic carbocycles. The second kappa shape index (κ2) is 7.51. The number of morpholine rings is 1. The number of anilines is 2. The summed E-state index contributed by atoms with van der Waals surface area (Å²) >= 11 is 0. The van der Waals surface area contributed by atoms with Crippen LogP contribution in [0.2, 0.25) is 0 Å². The van der Waals surface area contributed by atoms with E-state index in [-0.39, 0.29) is 11.1 Å². The average Bonchev–Trinajstić information content (AvgIpc) is 3.14. The number of H-pyrrole nitrogens is 1. The molecule has 0 radical (unpaired) electrons. The molecular formula is C21H28N6O2. The third-order valence-electron chi connectivity index (χ3n) is 5.15. The van der Waals surface area contributed by atoms with E-state index < -0.39 is 0 Å². The summed E-state index contributed by atoms with van der Waals surface area (Å²) in [7, 11) is 1.93. The summed E-state index contributed by atoms with van der Waals surface area (Å²) < 4.78 is 7.22. The molecule has 0 aliphatic carbocycles. The van der Waals surface area contributed by atoms with Crippen molar-refractivity contribution >= 4 is 22.7 Å². The first-order chi connectivity index (χ1) is 13.8. The largest absolute Gasteiger partial charge is 0.378 e. The zero-order valence-corrected chi connectivity index (χ0v) is 17.5. The van der Waals surface area contributed by atoms with E-state index >= 15 is 0 Å². The van der Waals surface area contributed by atoms with Crippen LogP contribution in [0.25, 0.3) is 11.0 Å². The van der Waals surface area contributed by atoms with Gasteiger partial charge < -0.3 is 14.5 Å². The molecule has 29 heavy (non-hydrogen) atoms. The SMILES string of the molecule is CN(Cc1ccc(N2CCOCC2)cc1)c1nc2c(cnn2C(C)(C)C)c(=O)[nH]1. The van der Waals surface area contributed by atoms with Gasteiger partial charge in [0.05, 0.1) is 24.9 Å². The highest BCUT2D eigenvalue weighted by atomic mass is 16.5. The number of nitrogens with zero attached hydrogens (tertiary/aromatic N) is 5. The molecule has 3 heterocycles. The van der Waals surface area contributed by atoms with Crippen LogP contribution in [0.15, 0.2) is 35.3 Å². The zero-order valence-electron chi connectivity index (χ0n) is 17.5. The fourth-order valence-corrected chi connectivity index (χ4v) is 3.56. The van der Waals surface area contributed by atoms with Gasteiger partial charge in [0.1, 0.15) is 5.39 Å². The van der Waals surface area contributed by atoms with Crippen LogP contribution in [0.3, 0.4) is 0 Å². The van der Waals surface area contributed by atoms with Crippen LogP contribution in [-0.2, 0) is 16.8 Å². The van der Waals surface area contributed by atoms with Crippen molar-refractivity contribution in [1.29, 1.82) is 0 Å². The first-order valence-electron chi connectivity index (χ1n) is 9.94. The number of ether oxygens (including phenoxy) is 1. The molecule has 0 saturated carbocycles. The third-order valence-corrected chi connectivity index (χ3v) is 5.15. The van der Waals surface area contributed by atoms with Crippen molar-refractivity contribution in [2.24, 2.45) is 0 Å². The van der Waals surface area contributed by atoms with E-state index in [1.54, 1.807) is 10.9 Å². The molecule has 1 fully saturated rings. The summed E-state index contributed by atoms with van der Waals surface area (Å²) in [5, 5.41) is 4.87. The lowest BCUT2D eigenvalue weighted by molar-refractivity contribution is 0.122. The molecule has 1 aliphatic rings. The number of fused-ring (bicyclic) bond motifs is 1. The number of hydrogen-bond donors (Lipinski definition) is 1. The van der Waals surface area contributed by atoms with E-state index in [1.165, 1.54) is 5.69 Å². The van der Waals surface area contributed by atoms with Gasteiger partial charge in [-0.25, -0.2) is 4.68 Å². The van der Waals surface area contributed by atoms with Gasteiger partial charge in [-0.3, -0.25) is 9.78 Å². The number of aromatic amines is 1. The summed E-state index contributed by atoms with van der Waals surface area (Å²) in [6.45, 7) is 10.2. The molecular weight excluding hydrogens is 368 g/mol. The van der Waals surface area contributed by atoms with Crippen LogP contribution in [0, 0.1) is 0 Å². The minimum atomic E-state index is -0.256. The van der Waals surface area contributed by atoms with Crippen LogP contribution < -0.4 is 15.4 Å². The van der Waals surface area contributed by atoms with E-state index in [9.17, 15) is 4.79 Å². The second-order valence-corrected chi connectivity index (χ2v) is 8.48. The van der Waals surface area contributed by atoms with Gasteiger partial charge in [-0.1, -0.05) is 12.1 Å². The fourth-order valence-electron chi connectivity index (χ4n) is 3.56. The lowest BCUT2D eigenvalue weighted by Gasteiger charge is -2.29.